The Morgan fingerprint density at radius 2 is 2.09 bits per heavy atom. The first-order valence-corrected chi connectivity index (χ1v) is 7.92. The Labute approximate surface area is 132 Å². The molecule has 1 aliphatic rings. The average Bonchev–Trinajstić information content (AvgIpc) is 2.52. The van der Waals surface area contributed by atoms with Crippen molar-refractivity contribution in [2.45, 2.75) is 26.4 Å². The summed E-state index contributed by atoms with van der Waals surface area (Å²) < 4.78 is 5.42. The number of hydrogen-bond acceptors (Lipinski definition) is 4. The van der Waals surface area contributed by atoms with Crippen LogP contribution in [0, 0.1) is 5.92 Å². The number of aromatic carboxylic acids is 1. The van der Waals surface area contributed by atoms with E-state index in [9.17, 15) is 4.79 Å². The Balaban J connectivity index is 1.87. The molecule has 1 aromatic rings. The van der Waals surface area contributed by atoms with Crippen molar-refractivity contribution < 1.29 is 14.6 Å². The Hall–Kier alpha value is -1.43. The van der Waals surface area contributed by atoms with Crippen LogP contribution in [-0.4, -0.2) is 54.9 Å². The molecule has 0 aliphatic carbocycles. The predicted octanol–water partition coefficient (Wildman–Crippen LogP) is 1.83. The first-order valence-electron chi connectivity index (χ1n) is 7.92. The van der Waals surface area contributed by atoms with Crippen LogP contribution < -0.4 is 5.32 Å². The largest absolute Gasteiger partial charge is 0.478 e. The predicted molar refractivity (Wildman–Crippen MR) is 86.1 cm³/mol. The molecule has 0 spiro atoms. The topological polar surface area (TPSA) is 61.8 Å². The highest BCUT2D eigenvalue weighted by Gasteiger charge is 2.23. The minimum Gasteiger partial charge on any atom is -0.478 e. The summed E-state index contributed by atoms with van der Waals surface area (Å²) in [5.74, 6) is -0.314. The molecule has 0 saturated carbocycles. The van der Waals surface area contributed by atoms with Gasteiger partial charge in [-0.15, -0.1) is 0 Å². The summed E-state index contributed by atoms with van der Waals surface area (Å²) in [6.45, 7) is 9.66. The summed E-state index contributed by atoms with van der Waals surface area (Å²) in [6, 6.07) is 7.58. The van der Waals surface area contributed by atoms with Gasteiger partial charge in [0.25, 0.3) is 0 Å². The highest BCUT2D eigenvalue weighted by Crippen LogP contribution is 2.13. The lowest BCUT2D eigenvalue weighted by molar-refractivity contribution is 0.00648. The van der Waals surface area contributed by atoms with Gasteiger partial charge < -0.3 is 15.2 Å². The van der Waals surface area contributed by atoms with Crippen molar-refractivity contribution in [3.05, 3.63) is 35.4 Å². The van der Waals surface area contributed by atoms with Crippen LogP contribution in [0.3, 0.4) is 0 Å². The molecule has 1 fully saturated rings. The van der Waals surface area contributed by atoms with Gasteiger partial charge in [0, 0.05) is 32.2 Å². The maximum atomic E-state index is 11.0. The van der Waals surface area contributed by atoms with Crippen molar-refractivity contribution in [2.75, 3.05) is 32.8 Å². The molecule has 0 amide bonds. The lowest BCUT2D eigenvalue weighted by Gasteiger charge is -2.37. The van der Waals surface area contributed by atoms with Crippen LogP contribution in [0.2, 0.25) is 0 Å². The van der Waals surface area contributed by atoms with Gasteiger partial charge in [0.05, 0.1) is 18.8 Å². The monoisotopic (exact) mass is 306 g/mol. The van der Waals surface area contributed by atoms with Crippen molar-refractivity contribution in [2.24, 2.45) is 5.92 Å². The third kappa shape index (κ3) is 4.80. The summed E-state index contributed by atoms with van der Waals surface area (Å²) in [6.07, 6.45) is 0. The molecule has 1 heterocycles. The van der Waals surface area contributed by atoms with Gasteiger partial charge in [-0.05, 0) is 23.6 Å². The highest BCUT2D eigenvalue weighted by atomic mass is 16.5. The van der Waals surface area contributed by atoms with E-state index in [1.165, 1.54) is 0 Å². The number of nitrogens with one attached hydrogen (secondary N) is 1. The number of nitrogens with zero attached hydrogens (tertiary/aromatic N) is 1. The normalized spacial score (nSPS) is 17.6. The van der Waals surface area contributed by atoms with Crippen molar-refractivity contribution in [1.82, 2.24) is 10.2 Å². The molecule has 1 unspecified atom stereocenters. The fourth-order valence-corrected chi connectivity index (χ4v) is 2.87. The molecule has 1 aliphatic heterocycles. The van der Waals surface area contributed by atoms with Crippen LogP contribution >= 0.6 is 0 Å². The molecule has 122 valence electrons. The van der Waals surface area contributed by atoms with E-state index in [1.54, 1.807) is 18.2 Å². The molecule has 0 radical (unpaired) electrons. The first-order chi connectivity index (χ1) is 10.6. The minimum atomic E-state index is -0.879. The third-order valence-electron chi connectivity index (χ3n) is 4.14. The summed E-state index contributed by atoms with van der Waals surface area (Å²) in [5, 5.41) is 12.5. The SMILES string of the molecule is CC(C)C(CNCc1cccc(C(=O)O)c1)N1CCOCC1. The zero-order chi connectivity index (χ0) is 15.9. The lowest BCUT2D eigenvalue weighted by atomic mass is 10.0. The summed E-state index contributed by atoms with van der Waals surface area (Å²) >= 11 is 0. The molecule has 5 nitrogen and oxygen atoms in total. The molecule has 22 heavy (non-hydrogen) atoms. The maximum Gasteiger partial charge on any atom is 0.335 e. The first kappa shape index (κ1) is 16.9. The molecule has 2 N–H and O–H groups in total. The van der Waals surface area contributed by atoms with Gasteiger partial charge in [-0.25, -0.2) is 4.79 Å². The van der Waals surface area contributed by atoms with E-state index < -0.39 is 5.97 Å². The Kier molecular flexibility index (Phi) is 6.36. The maximum absolute atomic E-state index is 11.0. The molecule has 0 aromatic heterocycles. The second-order valence-electron chi connectivity index (χ2n) is 6.10. The van der Waals surface area contributed by atoms with Crippen LogP contribution in [-0.2, 0) is 11.3 Å². The van der Waals surface area contributed by atoms with Crippen LogP contribution in [0.25, 0.3) is 0 Å². The van der Waals surface area contributed by atoms with Crippen LogP contribution in [0.5, 0.6) is 0 Å². The van der Waals surface area contributed by atoms with E-state index in [0.29, 0.717) is 24.1 Å². The molecule has 5 heteroatoms. The molecule has 0 bridgehead atoms. The van der Waals surface area contributed by atoms with E-state index in [2.05, 4.69) is 24.1 Å². The van der Waals surface area contributed by atoms with Gasteiger partial charge in [0.1, 0.15) is 0 Å². The summed E-state index contributed by atoms with van der Waals surface area (Å²) in [5.41, 5.74) is 1.34. The zero-order valence-corrected chi connectivity index (χ0v) is 13.4. The Morgan fingerprint density at radius 3 is 2.73 bits per heavy atom. The standard InChI is InChI=1S/C17H26N2O3/c1-13(2)16(19-6-8-22-9-7-19)12-18-11-14-4-3-5-15(10-14)17(20)21/h3-5,10,13,16,18H,6-9,11-12H2,1-2H3,(H,20,21). The smallest absolute Gasteiger partial charge is 0.335 e. The van der Waals surface area contributed by atoms with Gasteiger partial charge in [-0.2, -0.15) is 0 Å². The van der Waals surface area contributed by atoms with E-state index in [4.69, 9.17) is 9.84 Å². The van der Waals surface area contributed by atoms with Gasteiger partial charge >= 0.3 is 5.97 Å². The van der Waals surface area contributed by atoms with E-state index in [-0.39, 0.29) is 0 Å². The van der Waals surface area contributed by atoms with E-state index in [0.717, 1.165) is 38.4 Å². The zero-order valence-electron chi connectivity index (χ0n) is 13.4. The molecular formula is C17H26N2O3. The molecule has 1 aromatic carbocycles. The van der Waals surface area contributed by atoms with Crippen LogP contribution in [0.4, 0.5) is 0 Å². The van der Waals surface area contributed by atoms with Crippen molar-refractivity contribution in [3.8, 4) is 0 Å². The van der Waals surface area contributed by atoms with Gasteiger partial charge in [-0.3, -0.25) is 4.90 Å². The number of morpholine rings is 1. The average molecular weight is 306 g/mol. The second-order valence-corrected chi connectivity index (χ2v) is 6.10. The van der Waals surface area contributed by atoms with Crippen LogP contribution in [0.15, 0.2) is 24.3 Å². The summed E-state index contributed by atoms with van der Waals surface area (Å²) in [7, 11) is 0. The number of benzene rings is 1. The van der Waals surface area contributed by atoms with Crippen molar-refractivity contribution >= 4 is 5.97 Å². The number of carboxylic acid groups (broad SMARTS) is 1. The number of hydrogen-bond donors (Lipinski definition) is 2. The minimum absolute atomic E-state index is 0.341. The fraction of sp³-hybridized carbons (Fsp3) is 0.588. The van der Waals surface area contributed by atoms with E-state index >= 15 is 0 Å². The summed E-state index contributed by atoms with van der Waals surface area (Å²) in [4.78, 5) is 13.5. The quantitative estimate of drug-likeness (QED) is 0.805. The number of carboxylic acids is 1. The van der Waals surface area contributed by atoms with Gasteiger partial charge in [0.15, 0.2) is 0 Å². The fourth-order valence-electron chi connectivity index (χ4n) is 2.87. The third-order valence-corrected chi connectivity index (χ3v) is 4.14. The van der Waals surface area contributed by atoms with Crippen molar-refractivity contribution in [1.29, 1.82) is 0 Å². The number of ether oxygens (including phenoxy) is 1. The van der Waals surface area contributed by atoms with Crippen LogP contribution in [0.1, 0.15) is 29.8 Å². The van der Waals surface area contributed by atoms with E-state index in [1.807, 2.05) is 6.07 Å². The Bertz CT molecular complexity index is 485. The molecule has 1 atom stereocenters. The molecule has 1 saturated heterocycles. The second kappa shape index (κ2) is 8.27. The number of carbonyl (C=O) groups is 1. The lowest BCUT2D eigenvalue weighted by Crippen LogP contribution is -2.50. The molecular weight excluding hydrogens is 280 g/mol. The molecule has 2 rings (SSSR count). The van der Waals surface area contributed by atoms with Gasteiger partial charge in [-0.1, -0.05) is 26.0 Å². The number of rotatable bonds is 7. The Morgan fingerprint density at radius 1 is 1.36 bits per heavy atom. The highest BCUT2D eigenvalue weighted by molar-refractivity contribution is 5.87. The van der Waals surface area contributed by atoms with Gasteiger partial charge in [0.2, 0.25) is 0 Å². The van der Waals surface area contributed by atoms with Crippen molar-refractivity contribution in [3.63, 3.8) is 0 Å².